The SMILES string of the molecule is C=C(O)c1ccc2cccc(-c3ccc(F)cc3)c2c1. The van der Waals surface area contributed by atoms with Gasteiger partial charge in [-0.15, -0.1) is 0 Å². The first-order valence-corrected chi connectivity index (χ1v) is 6.32. The predicted molar refractivity (Wildman–Crippen MR) is 81.0 cm³/mol. The summed E-state index contributed by atoms with van der Waals surface area (Å²) in [4.78, 5) is 0. The van der Waals surface area contributed by atoms with Crippen molar-refractivity contribution < 1.29 is 9.50 Å². The standard InChI is InChI=1S/C18H13FO/c1-12(20)15-6-5-13-3-2-4-17(18(13)11-15)14-7-9-16(19)10-8-14/h2-11,20H,1H2. The number of rotatable bonds is 2. The smallest absolute Gasteiger partial charge is 0.123 e. The van der Waals surface area contributed by atoms with Gasteiger partial charge in [-0.05, 0) is 40.1 Å². The molecule has 3 aromatic rings. The molecule has 0 aromatic heterocycles. The van der Waals surface area contributed by atoms with Crippen molar-refractivity contribution in [2.45, 2.75) is 0 Å². The normalized spacial score (nSPS) is 10.7. The summed E-state index contributed by atoms with van der Waals surface area (Å²) in [7, 11) is 0. The monoisotopic (exact) mass is 264 g/mol. The van der Waals surface area contributed by atoms with Gasteiger partial charge in [0.1, 0.15) is 11.6 Å². The van der Waals surface area contributed by atoms with Gasteiger partial charge in [0.05, 0.1) is 0 Å². The molecule has 0 atom stereocenters. The summed E-state index contributed by atoms with van der Waals surface area (Å²) in [5, 5.41) is 11.6. The molecular weight excluding hydrogens is 251 g/mol. The number of fused-ring (bicyclic) bond motifs is 1. The second-order valence-electron chi connectivity index (χ2n) is 4.70. The highest BCUT2D eigenvalue weighted by molar-refractivity contribution is 5.98. The maximum absolute atomic E-state index is 13.0. The van der Waals surface area contributed by atoms with Crippen LogP contribution in [0.4, 0.5) is 4.39 Å². The molecule has 0 radical (unpaired) electrons. The lowest BCUT2D eigenvalue weighted by atomic mass is 9.96. The van der Waals surface area contributed by atoms with Gasteiger partial charge in [-0.1, -0.05) is 49.0 Å². The Morgan fingerprint density at radius 3 is 2.40 bits per heavy atom. The summed E-state index contributed by atoms with van der Waals surface area (Å²) in [6.07, 6.45) is 0. The van der Waals surface area contributed by atoms with Crippen LogP contribution in [0, 0.1) is 5.82 Å². The molecule has 0 aliphatic rings. The molecule has 0 saturated carbocycles. The summed E-state index contributed by atoms with van der Waals surface area (Å²) < 4.78 is 13.0. The van der Waals surface area contributed by atoms with E-state index < -0.39 is 0 Å². The molecule has 0 spiro atoms. The third-order valence-corrected chi connectivity index (χ3v) is 3.37. The Labute approximate surface area is 116 Å². The van der Waals surface area contributed by atoms with Crippen molar-refractivity contribution in [1.29, 1.82) is 0 Å². The largest absolute Gasteiger partial charge is 0.508 e. The van der Waals surface area contributed by atoms with Gasteiger partial charge in [0.15, 0.2) is 0 Å². The molecule has 0 amide bonds. The van der Waals surface area contributed by atoms with Gasteiger partial charge in [0.25, 0.3) is 0 Å². The number of halogens is 1. The number of aliphatic hydroxyl groups excluding tert-OH is 1. The Hall–Kier alpha value is -2.61. The molecule has 0 aliphatic carbocycles. The van der Waals surface area contributed by atoms with Crippen LogP contribution in [0.3, 0.4) is 0 Å². The molecular formula is C18H13FO. The minimum absolute atomic E-state index is 0.0424. The highest BCUT2D eigenvalue weighted by atomic mass is 19.1. The Morgan fingerprint density at radius 1 is 0.950 bits per heavy atom. The molecule has 1 N–H and O–H groups in total. The first-order valence-electron chi connectivity index (χ1n) is 6.32. The van der Waals surface area contributed by atoms with E-state index in [0.717, 1.165) is 21.9 Å². The van der Waals surface area contributed by atoms with E-state index in [4.69, 9.17) is 0 Å². The van der Waals surface area contributed by atoms with Crippen molar-refractivity contribution in [2.75, 3.05) is 0 Å². The predicted octanol–water partition coefficient (Wildman–Crippen LogP) is 5.17. The number of aliphatic hydroxyl groups is 1. The van der Waals surface area contributed by atoms with Crippen LogP contribution in [0.15, 0.2) is 67.2 Å². The van der Waals surface area contributed by atoms with Crippen molar-refractivity contribution >= 4 is 16.5 Å². The van der Waals surface area contributed by atoms with E-state index >= 15 is 0 Å². The zero-order chi connectivity index (χ0) is 14.1. The van der Waals surface area contributed by atoms with Crippen LogP contribution in [0.25, 0.3) is 27.7 Å². The van der Waals surface area contributed by atoms with E-state index in [-0.39, 0.29) is 11.6 Å². The fraction of sp³-hybridized carbons (Fsp3) is 0. The van der Waals surface area contributed by atoms with Crippen LogP contribution in [-0.2, 0) is 0 Å². The second-order valence-corrected chi connectivity index (χ2v) is 4.70. The molecule has 0 saturated heterocycles. The first-order chi connectivity index (χ1) is 9.65. The van der Waals surface area contributed by atoms with Crippen LogP contribution >= 0.6 is 0 Å². The van der Waals surface area contributed by atoms with Crippen LogP contribution in [0.1, 0.15) is 5.56 Å². The highest BCUT2D eigenvalue weighted by Crippen LogP contribution is 2.30. The van der Waals surface area contributed by atoms with Gasteiger partial charge in [-0.25, -0.2) is 4.39 Å². The minimum Gasteiger partial charge on any atom is -0.508 e. The van der Waals surface area contributed by atoms with E-state index in [1.807, 2.05) is 36.4 Å². The van der Waals surface area contributed by atoms with E-state index in [0.29, 0.717) is 5.56 Å². The van der Waals surface area contributed by atoms with Crippen LogP contribution < -0.4 is 0 Å². The Bertz CT molecular complexity index is 788. The highest BCUT2D eigenvalue weighted by Gasteiger charge is 2.06. The fourth-order valence-corrected chi connectivity index (χ4v) is 2.33. The Kier molecular flexibility index (Phi) is 2.99. The molecule has 0 fully saturated rings. The first kappa shape index (κ1) is 12.4. The lowest BCUT2D eigenvalue weighted by Gasteiger charge is -2.09. The molecule has 0 aliphatic heterocycles. The van der Waals surface area contributed by atoms with Crippen LogP contribution in [0.2, 0.25) is 0 Å². The van der Waals surface area contributed by atoms with Crippen LogP contribution in [-0.4, -0.2) is 5.11 Å². The molecule has 0 heterocycles. The topological polar surface area (TPSA) is 20.2 Å². The molecule has 3 aromatic carbocycles. The molecule has 98 valence electrons. The molecule has 20 heavy (non-hydrogen) atoms. The molecule has 1 nitrogen and oxygen atoms in total. The summed E-state index contributed by atoms with van der Waals surface area (Å²) in [5.74, 6) is -0.209. The second kappa shape index (κ2) is 4.82. The maximum atomic E-state index is 13.0. The number of benzene rings is 3. The number of hydrogen-bond acceptors (Lipinski definition) is 1. The van der Waals surface area contributed by atoms with Crippen molar-refractivity contribution in [3.8, 4) is 11.1 Å². The molecule has 2 heteroatoms. The van der Waals surface area contributed by atoms with Gasteiger partial charge in [-0.3, -0.25) is 0 Å². The van der Waals surface area contributed by atoms with Crippen molar-refractivity contribution in [2.24, 2.45) is 0 Å². The fourth-order valence-electron chi connectivity index (χ4n) is 2.33. The summed E-state index contributed by atoms with van der Waals surface area (Å²) >= 11 is 0. The lowest BCUT2D eigenvalue weighted by Crippen LogP contribution is -1.85. The maximum Gasteiger partial charge on any atom is 0.123 e. The summed E-state index contributed by atoms with van der Waals surface area (Å²) in [6.45, 7) is 3.55. The average Bonchev–Trinajstić information content (AvgIpc) is 2.47. The Morgan fingerprint density at radius 2 is 1.70 bits per heavy atom. The van der Waals surface area contributed by atoms with Crippen molar-refractivity contribution in [3.05, 3.63) is 78.6 Å². The van der Waals surface area contributed by atoms with E-state index in [1.54, 1.807) is 12.1 Å². The molecule has 3 rings (SSSR count). The molecule has 0 bridgehead atoms. The van der Waals surface area contributed by atoms with Crippen molar-refractivity contribution in [1.82, 2.24) is 0 Å². The summed E-state index contributed by atoms with van der Waals surface area (Å²) in [6, 6.07) is 18.0. The Balaban J connectivity index is 2.26. The van der Waals surface area contributed by atoms with E-state index in [9.17, 15) is 9.50 Å². The van der Waals surface area contributed by atoms with Crippen LogP contribution in [0.5, 0.6) is 0 Å². The van der Waals surface area contributed by atoms with Gasteiger partial charge < -0.3 is 5.11 Å². The van der Waals surface area contributed by atoms with Crippen molar-refractivity contribution in [3.63, 3.8) is 0 Å². The zero-order valence-corrected chi connectivity index (χ0v) is 10.8. The lowest BCUT2D eigenvalue weighted by molar-refractivity contribution is 0.514. The van der Waals surface area contributed by atoms with E-state index in [2.05, 4.69) is 6.58 Å². The quantitative estimate of drug-likeness (QED) is 0.633. The molecule has 0 unspecified atom stereocenters. The third-order valence-electron chi connectivity index (χ3n) is 3.37. The zero-order valence-electron chi connectivity index (χ0n) is 10.8. The van der Waals surface area contributed by atoms with Gasteiger partial charge >= 0.3 is 0 Å². The van der Waals surface area contributed by atoms with E-state index in [1.165, 1.54) is 12.1 Å². The van der Waals surface area contributed by atoms with Gasteiger partial charge in [-0.2, -0.15) is 0 Å². The average molecular weight is 264 g/mol. The van der Waals surface area contributed by atoms with Gasteiger partial charge in [0, 0.05) is 5.56 Å². The minimum atomic E-state index is -0.251. The summed E-state index contributed by atoms with van der Waals surface area (Å²) in [5.41, 5.74) is 2.63. The third kappa shape index (κ3) is 2.16. The number of hydrogen-bond donors (Lipinski definition) is 1. The van der Waals surface area contributed by atoms with Gasteiger partial charge in [0.2, 0.25) is 0 Å².